The van der Waals surface area contributed by atoms with Crippen molar-refractivity contribution in [3.63, 3.8) is 0 Å². The molecule has 68 valence electrons. The van der Waals surface area contributed by atoms with E-state index in [-0.39, 0.29) is 26.1 Å². The SMILES string of the molecule is CCCC[O-].[CH2-]c1ccccc1.[Zn+2]. The van der Waals surface area contributed by atoms with Crippen molar-refractivity contribution >= 4 is 0 Å². The fourth-order valence-electron chi connectivity index (χ4n) is 0.622. The van der Waals surface area contributed by atoms with Crippen molar-refractivity contribution in [3.05, 3.63) is 42.8 Å². The van der Waals surface area contributed by atoms with E-state index in [1.165, 1.54) is 0 Å². The van der Waals surface area contributed by atoms with Gasteiger partial charge in [-0.2, -0.15) is 24.6 Å². The van der Waals surface area contributed by atoms with Crippen LogP contribution in [0.1, 0.15) is 25.3 Å². The first-order valence-corrected chi connectivity index (χ1v) is 4.26. The van der Waals surface area contributed by atoms with Crippen LogP contribution in [0.4, 0.5) is 0 Å². The fourth-order valence-corrected chi connectivity index (χ4v) is 0.622. The third kappa shape index (κ3) is 11.7. The van der Waals surface area contributed by atoms with Gasteiger partial charge in [-0.05, 0) is 0 Å². The number of hydrogen-bond acceptors (Lipinski definition) is 1. The Hall–Kier alpha value is -0.327. The van der Waals surface area contributed by atoms with Gasteiger partial charge in [0, 0.05) is 0 Å². The first-order chi connectivity index (χ1) is 5.81. The molecule has 0 amide bonds. The van der Waals surface area contributed by atoms with Crippen molar-refractivity contribution in [2.45, 2.75) is 19.8 Å². The summed E-state index contributed by atoms with van der Waals surface area (Å²) in [7, 11) is 0. The molecule has 1 aromatic rings. The molecule has 0 aliphatic carbocycles. The topological polar surface area (TPSA) is 23.1 Å². The largest absolute Gasteiger partial charge is 2.00 e. The quantitative estimate of drug-likeness (QED) is 0.562. The van der Waals surface area contributed by atoms with Crippen LogP contribution >= 0.6 is 0 Å². The molecule has 1 nitrogen and oxygen atoms in total. The van der Waals surface area contributed by atoms with Gasteiger partial charge in [0.2, 0.25) is 0 Å². The van der Waals surface area contributed by atoms with E-state index in [2.05, 4.69) is 6.92 Å². The summed E-state index contributed by atoms with van der Waals surface area (Å²) in [4.78, 5) is 0. The van der Waals surface area contributed by atoms with E-state index in [1.54, 1.807) is 0 Å². The van der Waals surface area contributed by atoms with Crippen molar-refractivity contribution in [3.8, 4) is 0 Å². The maximum atomic E-state index is 9.53. The van der Waals surface area contributed by atoms with E-state index in [0.29, 0.717) is 0 Å². The number of rotatable bonds is 2. The summed E-state index contributed by atoms with van der Waals surface area (Å²) < 4.78 is 0. The van der Waals surface area contributed by atoms with Crippen LogP contribution in [-0.2, 0) is 19.5 Å². The van der Waals surface area contributed by atoms with Crippen LogP contribution in [0.25, 0.3) is 0 Å². The van der Waals surface area contributed by atoms with Crippen molar-refractivity contribution in [1.29, 1.82) is 0 Å². The van der Waals surface area contributed by atoms with Crippen molar-refractivity contribution in [1.82, 2.24) is 0 Å². The van der Waals surface area contributed by atoms with Crippen LogP contribution in [0.3, 0.4) is 0 Å². The fraction of sp³-hybridized carbons (Fsp3) is 0.364. The minimum absolute atomic E-state index is 0. The van der Waals surface area contributed by atoms with Crippen molar-refractivity contribution in [2.24, 2.45) is 0 Å². The molecule has 0 spiro atoms. The average molecular weight is 230 g/mol. The van der Waals surface area contributed by atoms with E-state index in [4.69, 9.17) is 0 Å². The van der Waals surface area contributed by atoms with Crippen molar-refractivity contribution in [2.75, 3.05) is 6.61 Å². The zero-order valence-electron chi connectivity index (χ0n) is 8.33. The van der Waals surface area contributed by atoms with E-state index in [9.17, 15) is 5.11 Å². The minimum atomic E-state index is 0. The molecule has 0 aliphatic rings. The predicted molar refractivity (Wildman–Crippen MR) is 50.7 cm³/mol. The molecule has 1 aromatic carbocycles. The van der Waals surface area contributed by atoms with Crippen LogP contribution in [0.2, 0.25) is 0 Å². The third-order valence-electron chi connectivity index (χ3n) is 1.34. The van der Waals surface area contributed by atoms with E-state index in [1.807, 2.05) is 37.3 Å². The van der Waals surface area contributed by atoms with Gasteiger partial charge in [-0.1, -0.05) is 25.8 Å². The second-order valence-electron chi connectivity index (χ2n) is 2.54. The van der Waals surface area contributed by atoms with Crippen LogP contribution in [-0.4, -0.2) is 6.61 Å². The summed E-state index contributed by atoms with van der Waals surface area (Å²) >= 11 is 0. The van der Waals surface area contributed by atoms with Gasteiger partial charge in [-0.25, -0.2) is 0 Å². The van der Waals surface area contributed by atoms with Gasteiger partial charge in [-0.3, -0.25) is 0 Å². The molecule has 0 saturated heterocycles. The maximum Gasteiger partial charge on any atom is 2.00 e. The smallest absolute Gasteiger partial charge is 0.854 e. The molecule has 0 bridgehead atoms. The Bertz CT molecular complexity index is 173. The van der Waals surface area contributed by atoms with Gasteiger partial charge >= 0.3 is 19.5 Å². The predicted octanol–water partition coefficient (Wildman–Crippen LogP) is 2.01. The molecule has 0 atom stereocenters. The Morgan fingerprint density at radius 1 is 1.23 bits per heavy atom. The summed E-state index contributed by atoms with van der Waals surface area (Å²) in [6, 6.07) is 9.87. The third-order valence-corrected chi connectivity index (χ3v) is 1.34. The number of benzene rings is 1. The molecule has 2 heteroatoms. The molecule has 13 heavy (non-hydrogen) atoms. The second kappa shape index (κ2) is 11.7. The second-order valence-corrected chi connectivity index (χ2v) is 2.54. The van der Waals surface area contributed by atoms with E-state index in [0.717, 1.165) is 18.4 Å². The first kappa shape index (κ1) is 15.2. The molecule has 0 saturated carbocycles. The molecule has 0 radical (unpaired) electrons. The van der Waals surface area contributed by atoms with Crippen LogP contribution in [0.15, 0.2) is 30.3 Å². The van der Waals surface area contributed by atoms with Gasteiger partial charge in [0.15, 0.2) is 0 Å². The normalized spacial score (nSPS) is 7.85. The molecule has 0 aliphatic heterocycles. The van der Waals surface area contributed by atoms with Gasteiger partial charge in [-0.15, -0.1) is 18.7 Å². The Kier molecular flexibility index (Phi) is 13.6. The summed E-state index contributed by atoms with van der Waals surface area (Å²) in [6.45, 7) is 5.83. The molecule has 0 heterocycles. The van der Waals surface area contributed by atoms with Crippen molar-refractivity contribution < 1.29 is 24.6 Å². The molecular weight excluding hydrogens is 214 g/mol. The summed E-state index contributed by atoms with van der Waals surface area (Å²) in [5, 5.41) is 9.53. The molecule has 1 rings (SSSR count). The van der Waals surface area contributed by atoms with Crippen LogP contribution < -0.4 is 5.11 Å². The number of hydrogen-bond donors (Lipinski definition) is 0. The van der Waals surface area contributed by atoms with Crippen LogP contribution in [0.5, 0.6) is 0 Å². The average Bonchev–Trinajstić information content (AvgIpc) is 2.08. The summed E-state index contributed by atoms with van der Waals surface area (Å²) in [5.41, 5.74) is 1.07. The van der Waals surface area contributed by atoms with Crippen LogP contribution in [0, 0.1) is 6.92 Å². The number of unbranched alkanes of at least 4 members (excludes halogenated alkanes) is 1. The zero-order chi connectivity index (χ0) is 9.23. The van der Waals surface area contributed by atoms with E-state index < -0.39 is 0 Å². The Morgan fingerprint density at radius 3 is 1.92 bits per heavy atom. The zero-order valence-corrected chi connectivity index (χ0v) is 11.3. The molecule has 0 unspecified atom stereocenters. The first-order valence-electron chi connectivity index (χ1n) is 4.26. The Labute approximate surface area is 93.9 Å². The molecule has 0 aromatic heterocycles. The summed E-state index contributed by atoms with van der Waals surface area (Å²) in [5.74, 6) is 0. The standard InChI is InChI=1S/C7H7.C4H9O.Zn/c1-7-5-3-2-4-6-7;1-2-3-4-5;/h2-6H,1H2;2-4H2,1H3;/q2*-1;+2. The van der Waals surface area contributed by atoms with Gasteiger partial charge in [0.1, 0.15) is 0 Å². The molecular formula is C11H16OZn. The maximum absolute atomic E-state index is 9.53. The Morgan fingerprint density at radius 2 is 1.77 bits per heavy atom. The molecule has 0 fully saturated rings. The molecule has 0 N–H and O–H groups in total. The monoisotopic (exact) mass is 228 g/mol. The van der Waals surface area contributed by atoms with Gasteiger partial charge in [0.05, 0.1) is 0 Å². The minimum Gasteiger partial charge on any atom is -0.854 e. The van der Waals surface area contributed by atoms with E-state index >= 15 is 0 Å². The van der Waals surface area contributed by atoms with Gasteiger partial charge < -0.3 is 5.11 Å². The summed E-state index contributed by atoms with van der Waals surface area (Å²) in [6.07, 6.45) is 1.86. The Balaban J connectivity index is 0. The van der Waals surface area contributed by atoms with Gasteiger partial charge in [0.25, 0.3) is 0 Å².